The van der Waals surface area contributed by atoms with Gasteiger partial charge in [-0.1, -0.05) is 121 Å². The van der Waals surface area contributed by atoms with Crippen molar-refractivity contribution in [2.75, 3.05) is 214 Å². The van der Waals surface area contributed by atoms with Gasteiger partial charge in [0, 0.05) is 56.1 Å². The van der Waals surface area contributed by atoms with Gasteiger partial charge < -0.3 is 98.2 Å². The van der Waals surface area contributed by atoms with Gasteiger partial charge in [0.05, 0.1) is 69.7 Å². The fraction of sp³-hybridized carbons (Fsp3) is 0.857. The van der Waals surface area contributed by atoms with E-state index in [2.05, 4.69) is 121 Å². The lowest BCUT2D eigenvalue weighted by atomic mass is 9.87. The number of methoxy groups -OCH3 is 1. The van der Waals surface area contributed by atoms with E-state index >= 15 is 0 Å². The Morgan fingerprint density at radius 2 is 0.899 bits per heavy atom. The molecule has 0 saturated carbocycles. The molecule has 0 aromatic heterocycles. The van der Waals surface area contributed by atoms with Crippen LogP contribution >= 0.6 is 0 Å². The third-order valence-corrected chi connectivity index (χ3v) is 24.4. The zero-order chi connectivity index (χ0) is 106. The number of amides is 7. The topological polar surface area (TPSA) is 533 Å². The van der Waals surface area contributed by atoms with Crippen molar-refractivity contribution in [3.8, 4) is 0 Å². The first-order chi connectivity index (χ1) is 65.5. The fourth-order valence-electron chi connectivity index (χ4n) is 15.9. The molecule has 2 bridgehead atoms. The monoisotopic (exact) mass is 1980 g/mol. The van der Waals surface area contributed by atoms with Crippen molar-refractivity contribution in [2.24, 2.45) is 51.5 Å². The van der Waals surface area contributed by atoms with E-state index in [9.17, 15) is 67.1 Å². The molecule has 0 aliphatic carbocycles. The maximum Gasteiger partial charge on any atom is 0.314 e. The minimum Gasteiger partial charge on any atom is -0.469 e. The van der Waals surface area contributed by atoms with Crippen molar-refractivity contribution in [1.29, 1.82) is 0 Å². The van der Waals surface area contributed by atoms with E-state index in [1.165, 1.54) is 84.3 Å². The van der Waals surface area contributed by atoms with Gasteiger partial charge in [-0.25, -0.2) is 0 Å². The lowest BCUT2D eigenvalue weighted by Gasteiger charge is -2.40. The second kappa shape index (κ2) is 92.8. The van der Waals surface area contributed by atoms with Gasteiger partial charge >= 0.3 is 5.97 Å². The second-order valence-corrected chi connectivity index (χ2v) is 36.5. The van der Waals surface area contributed by atoms with Gasteiger partial charge in [-0.05, 0) is 278 Å². The molecule has 0 aromatic carbocycles. The summed E-state index contributed by atoms with van der Waals surface area (Å²) >= 11 is 0. The van der Waals surface area contributed by atoms with Crippen molar-refractivity contribution < 1.29 is 100 Å². The van der Waals surface area contributed by atoms with Crippen molar-refractivity contribution in [2.45, 2.75) is 324 Å². The van der Waals surface area contributed by atoms with Crippen molar-refractivity contribution >= 4 is 86.2 Å². The lowest BCUT2D eigenvalue weighted by Crippen LogP contribution is -2.53. The van der Waals surface area contributed by atoms with E-state index in [1.54, 1.807) is 13.8 Å². The molecule has 0 aromatic rings. The van der Waals surface area contributed by atoms with E-state index in [0.717, 1.165) is 201 Å². The van der Waals surface area contributed by atoms with Crippen LogP contribution in [-0.4, -0.2) is 415 Å². The number of fused-ring (bicyclic) bond motifs is 2. The van der Waals surface area contributed by atoms with Gasteiger partial charge in [-0.2, -0.15) is 0 Å². The van der Waals surface area contributed by atoms with Crippen LogP contribution < -0.4 is 45.5 Å². The molecule has 7 rings (SSSR count). The summed E-state index contributed by atoms with van der Waals surface area (Å²) in [4.78, 5) is 169. The summed E-state index contributed by atoms with van der Waals surface area (Å²) in [5, 5.41) is 2.96. The minimum atomic E-state index is -0.334. The number of nitrogens with one attached hydrogen (secondary N) is 1. The first kappa shape index (κ1) is 141. The van der Waals surface area contributed by atoms with Crippen LogP contribution in [0.5, 0.6) is 0 Å². The molecule has 0 radical (unpaired) electrons. The number of rotatable bonds is 48. The molecule has 7 amide bonds. The standard InChI is InChI=1S/C11H17NO4.2C10H20N2O.C10H19NO2.C9H18N2O.C9H19NO2.C7H14N2O.C7H16N2O.C6H14N2O.C6H13NO2.C5H12N2O.C5H11NO2.C3H6O2/c1-12-7-3-4-8(12)10(11(14)15-2)9(5-7)16-6-13;2*1-2-3-7-12-8-5-4-6-9(12)10(11)13;1-10-5-2-3-6-11(10)7-4-8-13-9-12;1-2-6-11-7-4-3-5-8(11)9(10)12;1-5-10(4)6-9(2,3)7-12-8-11;1-9-5-3-2-4-6(9)7(8)10;1-4-6(7(8)10)9(3)5-2;1-3-4-8-5(2)6(7)9;1-3-7(2)4-5-9-6-8;1-3-7(2)4-5(6)8;1-6(2)3-4-8-5-7;1-2-5-3-4/h6-10H,3-5H2,1-2H3;2*9H,2-8H2,1H3,(H2,11,13);9-10H,2-8H2,1H3;8H,2-7H2,1H3,(H2,10,12);8H,5-7H2,1-4H3;6H,2-5H2,1H3,(H2,8,10);6H,4-5H2,1-3H3,(H2,8,10);5,8H,3-4H2,1-2H3,(H2,7,9);6H,3-5H2,1-2H3;3-4H2,1-2H3,(H2,6,8);5H,3-4H2,1-2H3;3H,2H2,1H3/t7-,8-,9+,10-;9-;;;8-;;;;;;;;/m10..0......../s1. The average Bonchev–Trinajstić information content (AvgIpc) is 1.63. The van der Waals surface area contributed by atoms with E-state index < -0.39 is 0 Å². The Morgan fingerprint density at radius 3 is 1.24 bits per heavy atom. The van der Waals surface area contributed by atoms with Crippen LogP contribution in [0.3, 0.4) is 0 Å². The van der Waals surface area contributed by atoms with Crippen LogP contribution in [0.15, 0.2) is 0 Å². The molecular formula is C98H199N19O21. The Morgan fingerprint density at radius 1 is 0.464 bits per heavy atom. The van der Waals surface area contributed by atoms with Crippen LogP contribution in [0, 0.1) is 11.3 Å². The number of ether oxygens (including phenoxy) is 7. The zero-order valence-corrected chi connectivity index (χ0v) is 90.0. The van der Waals surface area contributed by atoms with Crippen LogP contribution in [0.1, 0.15) is 264 Å². The number of carbonyl (C=O) groups is 14. The number of unbranched alkanes of at least 4 members (excludes halogenated alkanes) is 2. The van der Waals surface area contributed by atoms with Crippen LogP contribution in [0.25, 0.3) is 0 Å². The normalized spacial score (nSPS) is 20.4. The third kappa shape index (κ3) is 75.0. The zero-order valence-electron chi connectivity index (χ0n) is 90.0. The highest BCUT2D eigenvalue weighted by Crippen LogP contribution is 2.40. The molecule has 812 valence electrons. The molecule has 138 heavy (non-hydrogen) atoms. The number of likely N-dealkylation sites (tertiary alicyclic amines) is 5. The Bertz CT molecular complexity index is 3020. The van der Waals surface area contributed by atoms with Gasteiger partial charge in [-0.15, -0.1) is 0 Å². The SMILES string of the molecule is CC1CCCCN1CCCOC=O.CCC(C(N)=O)N(C)CC.CCCCN1CCCCC1C(N)=O.CCCCN1CCCC[C@H]1C(N)=O.CCCN1CCCC[C@H]1C(N)=O.CCCNC(C)C(N)=O.CCN(C)CC(C)(C)COC=O.CCN(C)CC(N)=O.CCN(C)CCOC=O.CCOC=O.CN(C)CCOC=O.CN1CCCCC1C(N)=O.COC(=O)[C@H]1[C@@H](OC=O)C[C@H]2CC[C@H]1N2C. The summed E-state index contributed by atoms with van der Waals surface area (Å²) in [6.07, 6.45) is 28.2. The molecule has 7 heterocycles. The maximum absolute atomic E-state index is 11.7. The Labute approximate surface area is 832 Å². The molecule has 40 nitrogen and oxygen atoms in total. The number of hydrogen-bond donors (Lipinski definition) is 8. The first-order valence-electron chi connectivity index (χ1n) is 50.5. The van der Waals surface area contributed by atoms with Gasteiger partial charge in [0.25, 0.3) is 38.8 Å². The van der Waals surface area contributed by atoms with Gasteiger partial charge in [0.15, 0.2) is 0 Å². The third-order valence-electron chi connectivity index (χ3n) is 24.4. The van der Waals surface area contributed by atoms with Crippen LogP contribution in [0.4, 0.5) is 0 Å². The molecule has 5 unspecified atom stereocenters. The fourth-order valence-corrected chi connectivity index (χ4v) is 15.9. The van der Waals surface area contributed by atoms with Gasteiger partial charge in [0.2, 0.25) is 41.4 Å². The van der Waals surface area contributed by atoms with Crippen LogP contribution in [0.2, 0.25) is 0 Å². The summed E-state index contributed by atoms with van der Waals surface area (Å²) in [5.41, 5.74) is 36.2. The molecule has 7 saturated heterocycles. The number of piperidine rings is 6. The molecule has 7 aliphatic heterocycles. The summed E-state index contributed by atoms with van der Waals surface area (Å²) < 4.78 is 32.3. The maximum atomic E-state index is 11.7. The van der Waals surface area contributed by atoms with Gasteiger partial charge in [-0.3, -0.25) is 101 Å². The number of nitrogens with zero attached hydrogens (tertiary/aromatic N) is 11. The van der Waals surface area contributed by atoms with Crippen molar-refractivity contribution in [3.05, 3.63) is 0 Å². The molecule has 7 aliphatic rings. The van der Waals surface area contributed by atoms with Crippen molar-refractivity contribution in [3.63, 3.8) is 0 Å². The summed E-state index contributed by atoms with van der Waals surface area (Å²) in [5.74, 6) is -2.01. The molecule has 11 atom stereocenters. The van der Waals surface area contributed by atoms with E-state index in [1.807, 2.05) is 96.6 Å². The lowest BCUT2D eigenvalue weighted by molar-refractivity contribution is -0.162. The predicted molar refractivity (Wildman–Crippen MR) is 545 cm³/mol. The molecule has 7 fully saturated rings. The van der Waals surface area contributed by atoms with E-state index in [-0.39, 0.29) is 107 Å². The number of nitrogens with two attached hydrogens (primary N) is 7. The number of primary amides is 7. The molecule has 0 spiro atoms. The summed E-state index contributed by atoms with van der Waals surface area (Å²) in [7, 11) is 17.0. The Kier molecular flexibility index (Phi) is 94.7. The van der Waals surface area contributed by atoms with E-state index in [0.29, 0.717) is 90.5 Å². The number of likely N-dealkylation sites (N-methyl/N-ethyl adjacent to an activating group) is 5. The number of esters is 1. The smallest absolute Gasteiger partial charge is 0.314 e. The summed E-state index contributed by atoms with van der Waals surface area (Å²) in [6.45, 7) is 50.9. The largest absolute Gasteiger partial charge is 0.469 e. The number of hydrogen-bond acceptors (Lipinski definition) is 33. The highest BCUT2D eigenvalue weighted by Gasteiger charge is 2.50. The Balaban J connectivity index is -0.000000345. The Hall–Kier alpha value is -7.90. The quantitative estimate of drug-likeness (QED) is 0.0168. The number of carbonyl (C=O) groups excluding carboxylic acids is 14. The second-order valence-electron chi connectivity index (χ2n) is 36.5. The average molecular weight is 1980 g/mol. The molecule has 40 heteroatoms. The highest BCUT2D eigenvalue weighted by atomic mass is 16.6. The highest BCUT2D eigenvalue weighted by molar-refractivity contribution is 5.82. The van der Waals surface area contributed by atoms with E-state index in [4.69, 9.17) is 54.3 Å². The van der Waals surface area contributed by atoms with Gasteiger partial charge in [0.1, 0.15) is 25.2 Å². The molecule has 15 N–H and O–H groups in total. The van der Waals surface area contributed by atoms with Crippen LogP contribution in [-0.2, 0) is 100 Å². The summed E-state index contributed by atoms with van der Waals surface area (Å²) in [6, 6.07) is 1.04. The van der Waals surface area contributed by atoms with Crippen molar-refractivity contribution in [1.82, 2.24) is 59.2 Å². The predicted octanol–water partition coefficient (Wildman–Crippen LogP) is 5.19. The minimum absolute atomic E-state index is 0.00579. The molecular weight excluding hydrogens is 1780 g/mol. The first-order valence-corrected chi connectivity index (χ1v) is 50.5.